The number of alkyl halides is 2. The van der Waals surface area contributed by atoms with E-state index in [9.17, 15) is 18.7 Å². The standard InChI is InChI=1S/C26H23F3N4O3.K/c1-14-21(9-15-4-2-3-5-22(15)36-26(28)29)33-13-19(20(27)10-23(33)32-14)18-11-30-24(31-12-18)16-6-7-17(8-16)25(34)35;/h2-5,10-13,16-17,26H,6-9H2,1H3,(H,34,35);/q;+1/p-1. The molecule has 0 bridgehead atoms. The van der Waals surface area contributed by atoms with Gasteiger partial charge in [0.25, 0.3) is 0 Å². The van der Waals surface area contributed by atoms with Crippen LogP contribution in [0.3, 0.4) is 0 Å². The Labute approximate surface area is 253 Å². The summed E-state index contributed by atoms with van der Waals surface area (Å²) in [4.78, 5) is 24.3. The van der Waals surface area contributed by atoms with Crippen LogP contribution < -0.4 is 61.2 Å². The van der Waals surface area contributed by atoms with Gasteiger partial charge in [-0.15, -0.1) is 0 Å². The van der Waals surface area contributed by atoms with Crippen molar-refractivity contribution in [1.82, 2.24) is 19.4 Å². The first-order valence-electron chi connectivity index (χ1n) is 11.5. The smallest absolute Gasteiger partial charge is 0.550 e. The van der Waals surface area contributed by atoms with Crippen molar-refractivity contribution in [3.63, 3.8) is 0 Å². The second-order valence-electron chi connectivity index (χ2n) is 8.93. The van der Waals surface area contributed by atoms with E-state index in [4.69, 9.17) is 0 Å². The minimum Gasteiger partial charge on any atom is -0.550 e. The molecular weight excluding hydrogens is 512 g/mol. The van der Waals surface area contributed by atoms with Crippen LogP contribution in [0.15, 0.2) is 48.9 Å². The first-order chi connectivity index (χ1) is 17.3. The van der Waals surface area contributed by atoms with Crippen LogP contribution in [0, 0.1) is 18.7 Å². The molecular formula is C26H22F3KN4O3. The Kier molecular flexibility index (Phi) is 8.69. The number of pyridine rings is 1. The van der Waals surface area contributed by atoms with Gasteiger partial charge in [-0.2, -0.15) is 8.78 Å². The number of fused-ring (bicyclic) bond motifs is 1. The predicted molar refractivity (Wildman–Crippen MR) is 122 cm³/mol. The van der Waals surface area contributed by atoms with E-state index in [1.54, 1.807) is 35.7 Å². The maximum atomic E-state index is 15.0. The van der Waals surface area contributed by atoms with E-state index in [2.05, 4.69) is 19.7 Å². The maximum absolute atomic E-state index is 15.0. The second kappa shape index (κ2) is 11.6. The van der Waals surface area contributed by atoms with Crippen molar-refractivity contribution in [3.8, 4) is 16.9 Å². The summed E-state index contributed by atoms with van der Waals surface area (Å²) in [6, 6.07) is 7.83. The number of aromatic nitrogens is 4. The Morgan fingerprint density at radius 2 is 1.95 bits per heavy atom. The molecule has 0 amide bonds. The summed E-state index contributed by atoms with van der Waals surface area (Å²) in [5.41, 5.74) is 2.97. The quantitative estimate of drug-likeness (QED) is 0.330. The molecule has 1 aromatic carbocycles. The van der Waals surface area contributed by atoms with Crippen molar-refractivity contribution in [2.75, 3.05) is 0 Å². The largest absolute Gasteiger partial charge is 1.00 e. The van der Waals surface area contributed by atoms with Gasteiger partial charge < -0.3 is 19.0 Å². The second-order valence-corrected chi connectivity index (χ2v) is 8.93. The Bertz CT molecular complexity index is 1430. The number of carbonyl (C=O) groups is 1. The van der Waals surface area contributed by atoms with E-state index in [0.29, 0.717) is 53.2 Å². The molecule has 0 spiro atoms. The molecule has 2 atom stereocenters. The molecule has 37 heavy (non-hydrogen) atoms. The molecule has 1 aliphatic rings. The third-order valence-corrected chi connectivity index (χ3v) is 6.67. The van der Waals surface area contributed by atoms with Crippen LogP contribution in [0.1, 0.15) is 48.0 Å². The molecule has 11 heteroatoms. The SMILES string of the molecule is Cc1nc2cc(F)c(-c3cnc(C4CCC(C(=O)[O-])C4)nc3)cn2c1Cc1ccccc1OC(F)F.[K+]. The number of benzene rings is 1. The zero-order chi connectivity index (χ0) is 25.4. The average molecular weight is 535 g/mol. The first-order valence-corrected chi connectivity index (χ1v) is 11.5. The molecule has 0 radical (unpaired) electrons. The monoisotopic (exact) mass is 534 g/mol. The summed E-state index contributed by atoms with van der Waals surface area (Å²) in [5, 5.41) is 11.1. The van der Waals surface area contributed by atoms with Gasteiger partial charge in [-0.05, 0) is 38.2 Å². The van der Waals surface area contributed by atoms with Gasteiger partial charge in [0.1, 0.15) is 23.0 Å². The Balaban J connectivity index is 0.00000320. The molecule has 1 aliphatic carbocycles. The number of aliphatic carboxylic acids is 1. The number of carboxylic acids is 1. The number of imidazole rings is 1. The molecule has 5 rings (SSSR count). The fourth-order valence-electron chi connectivity index (χ4n) is 4.82. The van der Waals surface area contributed by atoms with Crippen LogP contribution >= 0.6 is 0 Å². The molecule has 0 saturated heterocycles. The van der Waals surface area contributed by atoms with E-state index in [1.165, 1.54) is 24.5 Å². The number of nitrogens with zero attached hydrogens (tertiary/aromatic N) is 4. The van der Waals surface area contributed by atoms with Gasteiger partial charge in [0.15, 0.2) is 0 Å². The molecule has 7 nitrogen and oxygen atoms in total. The molecule has 0 N–H and O–H groups in total. The number of carboxylic acid groups (broad SMARTS) is 1. The summed E-state index contributed by atoms with van der Waals surface area (Å²) in [6.45, 7) is -1.18. The number of hydrogen-bond donors (Lipinski definition) is 0. The van der Waals surface area contributed by atoms with Gasteiger partial charge in [-0.25, -0.2) is 19.3 Å². The summed E-state index contributed by atoms with van der Waals surface area (Å²) in [5.74, 6) is -1.54. The van der Waals surface area contributed by atoms with Crippen molar-refractivity contribution in [2.24, 2.45) is 5.92 Å². The van der Waals surface area contributed by atoms with Crippen LogP contribution in [0.2, 0.25) is 0 Å². The van der Waals surface area contributed by atoms with Crippen molar-refractivity contribution in [2.45, 2.75) is 45.1 Å². The number of rotatable bonds is 7. The number of ether oxygens (including phenoxy) is 1. The number of hydrogen-bond acceptors (Lipinski definition) is 6. The average Bonchev–Trinajstić information content (AvgIpc) is 3.45. The summed E-state index contributed by atoms with van der Waals surface area (Å²) >= 11 is 0. The number of aryl methyl sites for hydroxylation is 1. The molecule has 186 valence electrons. The molecule has 3 heterocycles. The van der Waals surface area contributed by atoms with Gasteiger partial charge >= 0.3 is 58.0 Å². The van der Waals surface area contributed by atoms with Gasteiger partial charge in [-0.1, -0.05) is 18.2 Å². The Morgan fingerprint density at radius 1 is 1.22 bits per heavy atom. The Morgan fingerprint density at radius 3 is 2.62 bits per heavy atom. The van der Waals surface area contributed by atoms with E-state index >= 15 is 4.39 Å². The number of halogens is 3. The van der Waals surface area contributed by atoms with Crippen LogP contribution in [0.4, 0.5) is 13.2 Å². The first kappa shape index (κ1) is 27.7. The van der Waals surface area contributed by atoms with Crippen molar-refractivity contribution in [1.29, 1.82) is 0 Å². The molecule has 2 unspecified atom stereocenters. The zero-order valence-electron chi connectivity index (χ0n) is 20.3. The van der Waals surface area contributed by atoms with Gasteiger partial charge in [-0.3, -0.25) is 0 Å². The van der Waals surface area contributed by atoms with E-state index in [0.717, 1.165) is 0 Å². The zero-order valence-corrected chi connectivity index (χ0v) is 23.4. The van der Waals surface area contributed by atoms with Gasteiger partial charge in [0, 0.05) is 65.3 Å². The van der Waals surface area contributed by atoms with Crippen LogP contribution in [0.25, 0.3) is 16.8 Å². The molecule has 1 saturated carbocycles. The predicted octanol–water partition coefficient (Wildman–Crippen LogP) is 1.07. The minimum atomic E-state index is -2.95. The maximum Gasteiger partial charge on any atom is 1.00 e. The summed E-state index contributed by atoms with van der Waals surface area (Å²) < 4.78 is 47.1. The Hall–Kier alpha value is -2.31. The van der Waals surface area contributed by atoms with Gasteiger partial charge in [0.05, 0.1) is 5.69 Å². The molecule has 4 aromatic rings. The van der Waals surface area contributed by atoms with E-state index in [1.807, 2.05) is 0 Å². The van der Waals surface area contributed by atoms with Crippen LogP contribution in [-0.4, -0.2) is 31.9 Å². The molecule has 3 aromatic heterocycles. The summed E-state index contributed by atoms with van der Waals surface area (Å²) in [6.07, 6.45) is 6.50. The topological polar surface area (TPSA) is 92.4 Å². The van der Waals surface area contributed by atoms with Crippen LogP contribution in [-0.2, 0) is 11.2 Å². The fraction of sp³-hybridized carbons (Fsp3) is 0.308. The minimum absolute atomic E-state index is 0. The normalized spacial score (nSPS) is 17.2. The number of para-hydroxylation sites is 1. The van der Waals surface area contributed by atoms with Crippen molar-refractivity contribution in [3.05, 3.63) is 77.5 Å². The molecule has 1 fully saturated rings. The fourth-order valence-corrected chi connectivity index (χ4v) is 4.82. The van der Waals surface area contributed by atoms with E-state index < -0.39 is 24.3 Å². The van der Waals surface area contributed by atoms with Crippen LogP contribution in [0.5, 0.6) is 5.75 Å². The third-order valence-electron chi connectivity index (χ3n) is 6.67. The molecule has 0 aliphatic heterocycles. The van der Waals surface area contributed by atoms with E-state index in [-0.39, 0.29) is 75.0 Å². The van der Waals surface area contributed by atoms with Crippen molar-refractivity contribution < 1.29 is 79.2 Å². The number of carbonyl (C=O) groups excluding carboxylic acids is 1. The van der Waals surface area contributed by atoms with Crippen molar-refractivity contribution >= 4 is 11.6 Å². The summed E-state index contributed by atoms with van der Waals surface area (Å²) in [7, 11) is 0. The third kappa shape index (κ3) is 5.90. The van der Waals surface area contributed by atoms with Gasteiger partial charge in [0.2, 0.25) is 0 Å².